The zero-order valence-electron chi connectivity index (χ0n) is 10.6. The third-order valence-corrected chi connectivity index (χ3v) is 3.49. The minimum atomic E-state index is 0.0211. The normalized spacial score (nSPS) is 10.6. The Morgan fingerprint density at radius 2 is 2.21 bits per heavy atom. The first kappa shape index (κ1) is 14.1. The number of nitrogens with one attached hydrogen (secondary N) is 1. The van der Waals surface area contributed by atoms with Gasteiger partial charge in [0.1, 0.15) is 5.82 Å². The molecular weight excluding hydrogens is 355 g/mol. The van der Waals surface area contributed by atoms with Crippen LogP contribution in [0, 0.1) is 10.5 Å². The summed E-state index contributed by atoms with van der Waals surface area (Å²) in [6.45, 7) is 3.86. The van der Waals surface area contributed by atoms with Crippen LogP contribution in [-0.2, 0) is 13.1 Å². The first-order valence-corrected chi connectivity index (χ1v) is 7.09. The van der Waals surface area contributed by atoms with Crippen LogP contribution in [0.3, 0.4) is 0 Å². The van der Waals surface area contributed by atoms with Gasteiger partial charge in [-0.2, -0.15) is 0 Å². The lowest BCUT2D eigenvalue weighted by molar-refractivity contribution is 0.560. The number of aryl methyl sites for hydroxylation is 1. The topological polar surface area (TPSA) is 59.8 Å². The number of halogens is 1. The first-order chi connectivity index (χ1) is 9.18. The van der Waals surface area contributed by atoms with Gasteiger partial charge in [0, 0.05) is 32.0 Å². The Hall–Kier alpha value is -1.28. The molecule has 0 aliphatic rings. The second-order valence-corrected chi connectivity index (χ2v) is 5.27. The van der Waals surface area contributed by atoms with Crippen molar-refractivity contribution in [2.45, 2.75) is 20.0 Å². The lowest BCUT2D eigenvalue weighted by Crippen LogP contribution is -2.30. The Bertz CT molecular complexity index is 597. The Labute approximate surface area is 125 Å². The molecule has 2 rings (SSSR count). The van der Waals surface area contributed by atoms with Gasteiger partial charge in [-0.1, -0.05) is 6.07 Å². The monoisotopic (exact) mass is 370 g/mol. The van der Waals surface area contributed by atoms with Crippen LogP contribution in [0.4, 0.5) is 0 Å². The van der Waals surface area contributed by atoms with Gasteiger partial charge in [0.15, 0.2) is 0 Å². The Balaban J connectivity index is 1.90. The minimum absolute atomic E-state index is 0.0211. The second-order valence-electron chi connectivity index (χ2n) is 4.11. The molecule has 0 bridgehead atoms. The quantitative estimate of drug-likeness (QED) is 0.638. The van der Waals surface area contributed by atoms with Gasteiger partial charge in [0.2, 0.25) is 0 Å². The predicted molar refractivity (Wildman–Crippen MR) is 81.9 cm³/mol. The van der Waals surface area contributed by atoms with E-state index in [4.69, 9.17) is 0 Å². The highest BCUT2D eigenvalue weighted by molar-refractivity contribution is 14.1. The highest BCUT2D eigenvalue weighted by Crippen LogP contribution is 1.97. The molecule has 0 radical (unpaired) electrons. The van der Waals surface area contributed by atoms with Crippen molar-refractivity contribution in [3.63, 3.8) is 0 Å². The van der Waals surface area contributed by atoms with E-state index in [1.165, 1.54) is 0 Å². The molecule has 0 fully saturated rings. The van der Waals surface area contributed by atoms with Gasteiger partial charge in [-0.3, -0.25) is 14.3 Å². The van der Waals surface area contributed by atoms with E-state index in [0.717, 1.165) is 11.5 Å². The summed E-state index contributed by atoms with van der Waals surface area (Å²) in [6, 6.07) is 5.82. The highest BCUT2D eigenvalue weighted by atomic mass is 127. The van der Waals surface area contributed by atoms with Gasteiger partial charge in [-0.15, -0.1) is 0 Å². The number of rotatable bonds is 5. The summed E-state index contributed by atoms with van der Waals surface area (Å²) in [7, 11) is 0. The molecule has 0 unspecified atom stereocenters. The molecule has 19 heavy (non-hydrogen) atoms. The van der Waals surface area contributed by atoms with Crippen LogP contribution in [-0.4, -0.2) is 21.1 Å². The van der Waals surface area contributed by atoms with E-state index in [-0.39, 0.29) is 5.56 Å². The van der Waals surface area contributed by atoms with Crippen LogP contribution >= 0.6 is 22.6 Å². The summed E-state index contributed by atoms with van der Waals surface area (Å²) in [5, 5.41) is 3.27. The van der Waals surface area contributed by atoms with E-state index in [9.17, 15) is 4.79 Å². The van der Waals surface area contributed by atoms with Crippen molar-refractivity contribution < 1.29 is 0 Å². The molecule has 2 aromatic rings. The molecule has 2 aromatic heterocycles. The molecule has 0 saturated carbocycles. The van der Waals surface area contributed by atoms with Crippen molar-refractivity contribution >= 4 is 22.6 Å². The van der Waals surface area contributed by atoms with Crippen molar-refractivity contribution in [1.29, 1.82) is 0 Å². The van der Waals surface area contributed by atoms with Crippen LogP contribution in [0.25, 0.3) is 0 Å². The molecule has 0 aliphatic carbocycles. The van der Waals surface area contributed by atoms with E-state index in [2.05, 4.69) is 15.3 Å². The SMILES string of the molecule is Cc1ncc(I)c(=O)n1CCNCc1ccccn1. The van der Waals surface area contributed by atoms with Crippen molar-refractivity contribution in [2.75, 3.05) is 6.54 Å². The fourth-order valence-corrected chi connectivity index (χ4v) is 2.15. The standard InChI is InChI=1S/C13H15IN4O/c1-10-17-9-12(14)13(19)18(10)7-6-15-8-11-4-2-3-5-16-11/h2-5,9,15H,6-8H2,1H3. The summed E-state index contributed by atoms with van der Waals surface area (Å²) in [5.41, 5.74) is 1.01. The maximum Gasteiger partial charge on any atom is 0.266 e. The summed E-state index contributed by atoms with van der Waals surface area (Å²) in [4.78, 5) is 20.3. The molecule has 0 spiro atoms. The molecule has 2 heterocycles. The van der Waals surface area contributed by atoms with Gasteiger partial charge in [0.05, 0.1) is 9.26 Å². The van der Waals surface area contributed by atoms with E-state index < -0.39 is 0 Å². The molecule has 0 aromatic carbocycles. The van der Waals surface area contributed by atoms with Gasteiger partial charge in [-0.05, 0) is 41.6 Å². The lowest BCUT2D eigenvalue weighted by atomic mass is 10.3. The zero-order chi connectivity index (χ0) is 13.7. The molecular formula is C13H15IN4O. The zero-order valence-corrected chi connectivity index (χ0v) is 12.8. The third kappa shape index (κ3) is 3.84. The van der Waals surface area contributed by atoms with Crippen LogP contribution in [0.2, 0.25) is 0 Å². The van der Waals surface area contributed by atoms with Gasteiger partial charge >= 0.3 is 0 Å². The van der Waals surface area contributed by atoms with E-state index >= 15 is 0 Å². The van der Waals surface area contributed by atoms with Crippen LogP contribution < -0.4 is 10.9 Å². The average molecular weight is 370 g/mol. The maximum absolute atomic E-state index is 11.9. The minimum Gasteiger partial charge on any atom is -0.309 e. The smallest absolute Gasteiger partial charge is 0.266 e. The van der Waals surface area contributed by atoms with E-state index in [0.29, 0.717) is 23.2 Å². The van der Waals surface area contributed by atoms with Crippen molar-refractivity contribution in [3.8, 4) is 0 Å². The Morgan fingerprint density at radius 3 is 2.95 bits per heavy atom. The molecule has 6 heteroatoms. The molecule has 0 aliphatic heterocycles. The van der Waals surface area contributed by atoms with Crippen molar-refractivity contribution in [3.05, 3.63) is 56.0 Å². The molecule has 0 atom stereocenters. The third-order valence-electron chi connectivity index (χ3n) is 2.75. The summed E-state index contributed by atoms with van der Waals surface area (Å²) in [6.07, 6.45) is 3.38. The summed E-state index contributed by atoms with van der Waals surface area (Å²) >= 11 is 2.01. The van der Waals surface area contributed by atoms with Crippen LogP contribution in [0.15, 0.2) is 35.4 Å². The number of hydrogen-bond donors (Lipinski definition) is 1. The first-order valence-electron chi connectivity index (χ1n) is 6.01. The number of hydrogen-bond acceptors (Lipinski definition) is 4. The molecule has 100 valence electrons. The number of pyridine rings is 1. The largest absolute Gasteiger partial charge is 0.309 e. The Morgan fingerprint density at radius 1 is 1.37 bits per heavy atom. The average Bonchev–Trinajstić information content (AvgIpc) is 2.43. The van der Waals surface area contributed by atoms with E-state index in [1.54, 1.807) is 17.0 Å². The summed E-state index contributed by atoms with van der Waals surface area (Å²) < 4.78 is 2.33. The maximum atomic E-state index is 11.9. The molecule has 1 N–H and O–H groups in total. The van der Waals surface area contributed by atoms with Gasteiger partial charge in [0.25, 0.3) is 5.56 Å². The highest BCUT2D eigenvalue weighted by Gasteiger charge is 2.04. The van der Waals surface area contributed by atoms with Gasteiger partial charge in [-0.25, -0.2) is 4.98 Å². The molecule has 0 saturated heterocycles. The lowest BCUT2D eigenvalue weighted by Gasteiger charge is -2.10. The van der Waals surface area contributed by atoms with Crippen molar-refractivity contribution in [1.82, 2.24) is 19.9 Å². The number of nitrogens with zero attached hydrogens (tertiary/aromatic N) is 3. The molecule has 0 amide bonds. The number of aromatic nitrogens is 3. The summed E-state index contributed by atoms with van der Waals surface area (Å²) in [5.74, 6) is 0.741. The fraction of sp³-hybridized carbons (Fsp3) is 0.308. The second kappa shape index (κ2) is 6.76. The predicted octanol–water partition coefficient (Wildman–Crippen LogP) is 1.34. The van der Waals surface area contributed by atoms with E-state index in [1.807, 2.05) is 47.7 Å². The van der Waals surface area contributed by atoms with Crippen LogP contribution in [0.5, 0.6) is 0 Å². The molecule has 5 nitrogen and oxygen atoms in total. The van der Waals surface area contributed by atoms with Gasteiger partial charge < -0.3 is 5.32 Å². The van der Waals surface area contributed by atoms with Crippen LogP contribution in [0.1, 0.15) is 11.5 Å². The fourth-order valence-electron chi connectivity index (χ4n) is 1.72. The Kier molecular flexibility index (Phi) is 5.03. The van der Waals surface area contributed by atoms with Crippen molar-refractivity contribution in [2.24, 2.45) is 0 Å².